The molecule has 3 heterocycles. The third kappa shape index (κ3) is 6.21. The molecule has 4 N–H and O–H groups in total. The van der Waals surface area contributed by atoms with E-state index in [0.29, 0.717) is 35.2 Å². The molecule has 43 heavy (non-hydrogen) atoms. The fourth-order valence-electron chi connectivity index (χ4n) is 6.10. The van der Waals surface area contributed by atoms with E-state index in [1.54, 1.807) is 53.4 Å². The summed E-state index contributed by atoms with van der Waals surface area (Å²) in [6.07, 6.45) is 0.822. The van der Waals surface area contributed by atoms with E-state index in [0.717, 1.165) is 48.8 Å². The monoisotopic (exact) mass is 596 g/mol. The Bertz CT molecular complexity index is 1530. The number of anilines is 3. The van der Waals surface area contributed by atoms with Gasteiger partial charge in [0.15, 0.2) is 0 Å². The average Bonchev–Trinajstić information content (AvgIpc) is 3.66. The van der Waals surface area contributed by atoms with Crippen molar-refractivity contribution < 1.29 is 18.0 Å². The van der Waals surface area contributed by atoms with Crippen molar-refractivity contribution in [3.63, 3.8) is 0 Å². The zero-order chi connectivity index (χ0) is 31.1. The molecule has 0 radical (unpaired) electrons. The number of aromatic nitrogens is 2. The molecule has 12 heteroatoms. The first kappa shape index (κ1) is 30.4. The lowest BCUT2D eigenvalue weighted by Crippen LogP contribution is -2.46. The molecule has 1 aromatic heterocycles. The Hall–Kier alpha value is -4.03. The minimum absolute atomic E-state index is 0.104. The normalized spacial score (nSPS) is 18.9. The molecule has 2 atom stereocenters. The predicted molar refractivity (Wildman–Crippen MR) is 164 cm³/mol. The van der Waals surface area contributed by atoms with Crippen molar-refractivity contribution in [1.82, 2.24) is 20.1 Å². The Morgan fingerprint density at radius 3 is 2.53 bits per heavy atom. The van der Waals surface area contributed by atoms with Crippen LogP contribution in [-0.2, 0) is 13.2 Å². The van der Waals surface area contributed by atoms with Gasteiger partial charge >= 0.3 is 6.18 Å². The number of nitrogens with one attached hydrogen (secondary N) is 2. The summed E-state index contributed by atoms with van der Waals surface area (Å²) in [4.78, 5) is 17.9. The second-order valence-corrected chi connectivity index (χ2v) is 11.4. The lowest BCUT2D eigenvalue weighted by molar-refractivity contribution is -0.137. The molecule has 5 rings (SSSR count). The van der Waals surface area contributed by atoms with Crippen LogP contribution in [0.4, 0.5) is 30.2 Å². The Morgan fingerprint density at radius 1 is 1.16 bits per heavy atom. The molecule has 230 valence electrons. The first-order valence-corrected chi connectivity index (χ1v) is 14.5. The van der Waals surface area contributed by atoms with Gasteiger partial charge in [0.05, 0.1) is 23.1 Å². The number of hydrazine groups is 1. The maximum absolute atomic E-state index is 14.0. The van der Waals surface area contributed by atoms with Gasteiger partial charge in [-0.25, -0.2) is 5.43 Å². The van der Waals surface area contributed by atoms with E-state index in [-0.39, 0.29) is 11.7 Å². The summed E-state index contributed by atoms with van der Waals surface area (Å²) in [5, 5.41) is 8.66. The number of alkyl halides is 3. The summed E-state index contributed by atoms with van der Waals surface area (Å²) in [6, 6.07) is 9.44. The number of nitrogens with two attached hydrogens (primary N) is 1. The van der Waals surface area contributed by atoms with Crippen molar-refractivity contribution >= 4 is 28.7 Å². The molecule has 3 aromatic rings. The highest BCUT2D eigenvalue weighted by Crippen LogP contribution is 2.39. The van der Waals surface area contributed by atoms with Gasteiger partial charge in [-0.3, -0.25) is 19.4 Å². The zero-order valence-corrected chi connectivity index (χ0v) is 25.2. The number of halogens is 3. The topological polar surface area (TPSA) is 94.7 Å². The van der Waals surface area contributed by atoms with Crippen LogP contribution in [0.15, 0.2) is 48.8 Å². The lowest BCUT2D eigenvalue weighted by atomic mass is 10.1. The van der Waals surface area contributed by atoms with Crippen LogP contribution in [0.25, 0.3) is 5.70 Å². The maximum Gasteiger partial charge on any atom is 0.416 e. The lowest BCUT2D eigenvalue weighted by Gasteiger charge is -2.36. The van der Waals surface area contributed by atoms with Crippen LogP contribution in [-0.4, -0.2) is 59.4 Å². The standard InChI is InChI=1S/C31H39F3N8O/c1-6-9-40-16-26-14-25(40)17-41(26)24-12-22(31(32,33)34)11-23(13-24)38-30(43)21-8-7-19(2)29(10-21)42(36-4)18-28(35)27-15-37-39(5)20(27)3/h7-8,10-13,15,18,25-26,36H,6,9,14,16-17,35H2,1-5H3,(H,38,43)/b28-18-. The van der Waals surface area contributed by atoms with Crippen LogP contribution in [0.5, 0.6) is 0 Å². The minimum Gasteiger partial charge on any atom is -0.397 e. The van der Waals surface area contributed by atoms with Crippen molar-refractivity contribution in [1.29, 1.82) is 0 Å². The van der Waals surface area contributed by atoms with Gasteiger partial charge in [-0.1, -0.05) is 13.0 Å². The van der Waals surface area contributed by atoms with Crippen LogP contribution in [0.1, 0.15) is 52.5 Å². The largest absolute Gasteiger partial charge is 0.416 e. The van der Waals surface area contributed by atoms with E-state index >= 15 is 0 Å². The van der Waals surface area contributed by atoms with Crippen molar-refractivity contribution in [2.45, 2.75) is 51.9 Å². The van der Waals surface area contributed by atoms with Gasteiger partial charge in [-0.15, -0.1) is 0 Å². The SMILES string of the molecule is CCCN1CC2CC1CN2c1cc(NC(=O)c2ccc(C)c(N(/C=C(\N)c3cnn(C)c3C)NC)c2)cc(C(F)(F)F)c1. The number of piperazine rings is 1. The second kappa shape index (κ2) is 11.9. The molecule has 2 fully saturated rings. The van der Waals surface area contributed by atoms with E-state index in [4.69, 9.17) is 5.73 Å². The molecule has 0 saturated carbocycles. The Balaban J connectivity index is 1.40. The van der Waals surface area contributed by atoms with Gasteiger partial charge in [-0.2, -0.15) is 18.3 Å². The number of hydrogen-bond acceptors (Lipinski definition) is 7. The molecule has 2 aliphatic heterocycles. The van der Waals surface area contributed by atoms with E-state index < -0.39 is 17.6 Å². The van der Waals surface area contributed by atoms with Gasteiger partial charge < -0.3 is 16.0 Å². The number of likely N-dealkylation sites (tertiary alicyclic amines) is 1. The molecule has 2 aliphatic rings. The van der Waals surface area contributed by atoms with Gasteiger partial charge in [0.1, 0.15) is 0 Å². The summed E-state index contributed by atoms with van der Waals surface area (Å²) in [5.74, 6) is -0.514. The number of nitrogens with zero attached hydrogens (tertiary/aromatic N) is 5. The Kier molecular flexibility index (Phi) is 8.44. The number of carbonyl (C=O) groups excluding carboxylic acids is 1. The fraction of sp³-hybridized carbons (Fsp3) is 0.419. The molecule has 0 aliphatic carbocycles. The molecule has 2 saturated heterocycles. The molecule has 1 amide bonds. The van der Waals surface area contributed by atoms with Crippen molar-refractivity contribution in [2.24, 2.45) is 12.8 Å². The van der Waals surface area contributed by atoms with Crippen LogP contribution < -0.4 is 26.4 Å². The minimum atomic E-state index is -4.55. The third-order valence-corrected chi connectivity index (χ3v) is 8.49. The summed E-state index contributed by atoms with van der Waals surface area (Å²) in [5.41, 5.74) is 13.2. The molecule has 2 aromatic carbocycles. The third-order valence-electron chi connectivity index (χ3n) is 8.49. The molecule has 0 spiro atoms. The second-order valence-electron chi connectivity index (χ2n) is 11.4. The van der Waals surface area contributed by atoms with Gasteiger partial charge in [0.2, 0.25) is 0 Å². The zero-order valence-electron chi connectivity index (χ0n) is 25.2. The first-order valence-electron chi connectivity index (χ1n) is 14.5. The summed E-state index contributed by atoms with van der Waals surface area (Å²) >= 11 is 0. The molecular formula is C31H39F3N8O. The summed E-state index contributed by atoms with van der Waals surface area (Å²) < 4.78 is 43.6. The molecule has 2 unspecified atom stereocenters. The number of amides is 1. The number of fused-ring (bicyclic) bond motifs is 2. The molecular weight excluding hydrogens is 557 g/mol. The highest BCUT2D eigenvalue weighted by atomic mass is 19.4. The summed E-state index contributed by atoms with van der Waals surface area (Å²) in [6.45, 7) is 8.45. The van der Waals surface area contributed by atoms with Crippen LogP contribution in [0, 0.1) is 13.8 Å². The van der Waals surface area contributed by atoms with E-state index in [2.05, 4.69) is 32.6 Å². The predicted octanol–water partition coefficient (Wildman–Crippen LogP) is 4.88. The van der Waals surface area contributed by atoms with Crippen molar-refractivity contribution in [3.05, 3.63) is 76.7 Å². The van der Waals surface area contributed by atoms with E-state index in [1.807, 2.05) is 20.9 Å². The van der Waals surface area contributed by atoms with Crippen LogP contribution in [0.2, 0.25) is 0 Å². The van der Waals surface area contributed by atoms with Gasteiger partial charge in [-0.05, 0) is 69.1 Å². The number of hydrogen-bond donors (Lipinski definition) is 3. The van der Waals surface area contributed by atoms with Gasteiger partial charge in [0.25, 0.3) is 5.91 Å². The smallest absolute Gasteiger partial charge is 0.397 e. The van der Waals surface area contributed by atoms with Crippen LogP contribution in [0.3, 0.4) is 0 Å². The molecule has 9 nitrogen and oxygen atoms in total. The number of aryl methyl sites for hydroxylation is 2. The Morgan fingerprint density at radius 2 is 1.93 bits per heavy atom. The highest BCUT2D eigenvalue weighted by Gasteiger charge is 2.43. The first-order chi connectivity index (χ1) is 20.4. The quantitative estimate of drug-likeness (QED) is 0.303. The fourth-order valence-corrected chi connectivity index (χ4v) is 6.10. The van der Waals surface area contributed by atoms with Crippen molar-refractivity contribution in [3.8, 4) is 0 Å². The van der Waals surface area contributed by atoms with Crippen molar-refractivity contribution in [2.75, 3.05) is 41.9 Å². The average molecular weight is 597 g/mol. The highest BCUT2D eigenvalue weighted by molar-refractivity contribution is 6.05. The Labute approximate surface area is 250 Å². The number of benzene rings is 2. The number of rotatable bonds is 9. The maximum atomic E-state index is 14.0. The van der Waals surface area contributed by atoms with Crippen LogP contribution >= 0.6 is 0 Å². The number of carbonyl (C=O) groups is 1. The molecule has 2 bridgehead atoms. The van der Waals surface area contributed by atoms with Gasteiger partial charge in [0, 0.05) is 73.7 Å². The van der Waals surface area contributed by atoms with E-state index in [9.17, 15) is 18.0 Å². The summed E-state index contributed by atoms with van der Waals surface area (Å²) in [7, 11) is 3.56. The van der Waals surface area contributed by atoms with E-state index in [1.165, 1.54) is 6.07 Å².